The van der Waals surface area contributed by atoms with Gasteiger partial charge in [0.2, 0.25) is 5.91 Å². The minimum Gasteiger partial charge on any atom is -0.355 e. The van der Waals surface area contributed by atoms with Gasteiger partial charge in [0.1, 0.15) is 0 Å². The molecule has 0 saturated heterocycles. The maximum Gasteiger partial charge on any atom is 0.240 e. The molecule has 0 aliphatic heterocycles. The molecule has 0 unspecified atom stereocenters. The second-order valence-electron chi connectivity index (χ2n) is 6.22. The molecule has 0 bridgehead atoms. The van der Waals surface area contributed by atoms with Crippen molar-refractivity contribution in [3.05, 3.63) is 0 Å². The van der Waals surface area contributed by atoms with Crippen LogP contribution in [0.2, 0.25) is 0 Å². The minimum absolute atomic E-state index is 0. The average molecular weight is 291 g/mol. The number of hydrogen-bond donors (Lipinski definition) is 2. The van der Waals surface area contributed by atoms with Crippen LogP contribution in [0.1, 0.15) is 71.6 Å². The number of nitrogens with one attached hydrogen (secondary N) is 1. The molecule has 1 fully saturated rings. The standard InChI is InChI=1S/C15H30N2O.ClH/c1-13(2)9-5-3-4-8-12-17-14(18)15(16)10-6-7-11-15;/h13H,3-12,16H2,1-2H3,(H,17,18);1H. The molecule has 3 N–H and O–H groups in total. The third-order valence-corrected chi connectivity index (χ3v) is 3.94. The summed E-state index contributed by atoms with van der Waals surface area (Å²) in [6.45, 7) is 5.32. The van der Waals surface area contributed by atoms with Crippen molar-refractivity contribution in [2.75, 3.05) is 6.54 Å². The van der Waals surface area contributed by atoms with E-state index in [0.29, 0.717) is 0 Å². The molecule has 0 aromatic rings. The smallest absolute Gasteiger partial charge is 0.240 e. The number of hydrogen-bond acceptors (Lipinski definition) is 2. The van der Waals surface area contributed by atoms with Gasteiger partial charge in [-0.15, -0.1) is 12.4 Å². The van der Waals surface area contributed by atoms with Crippen LogP contribution >= 0.6 is 12.4 Å². The molecular formula is C15H31ClN2O. The summed E-state index contributed by atoms with van der Waals surface area (Å²) in [5.41, 5.74) is 5.53. The van der Waals surface area contributed by atoms with Gasteiger partial charge in [0.25, 0.3) is 0 Å². The average Bonchev–Trinajstić information content (AvgIpc) is 2.75. The zero-order chi connectivity index (χ0) is 13.4. The van der Waals surface area contributed by atoms with Crippen LogP contribution in [0.4, 0.5) is 0 Å². The Labute approximate surface area is 124 Å². The molecule has 1 rings (SSSR count). The number of carbonyl (C=O) groups is 1. The Morgan fingerprint density at radius 2 is 1.74 bits per heavy atom. The molecule has 114 valence electrons. The van der Waals surface area contributed by atoms with Gasteiger partial charge < -0.3 is 11.1 Å². The van der Waals surface area contributed by atoms with Crippen LogP contribution in [-0.4, -0.2) is 18.0 Å². The zero-order valence-corrected chi connectivity index (χ0v) is 13.4. The van der Waals surface area contributed by atoms with E-state index in [0.717, 1.165) is 44.6 Å². The molecular weight excluding hydrogens is 260 g/mol. The van der Waals surface area contributed by atoms with Crippen molar-refractivity contribution in [2.24, 2.45) is 11.7 Å². The highest BCUT2D eigenvalue weighted by Gasteiger charge is 2.36. The maximum atomic E-state index is 11.9. The van der Waals surface area contributed by atoms with Crippen LogP contribution in [0.15, 0.2) is 0 Å². The number of carbonyl (C=O) groups excluding carboxylic acids is 1. The van der Waals surface area contributed by atoms with Gasteiger partial charge in [0.05, 0.1) is 5.54 Å². The first-order valence-electron chi connectivity index (χ1n) is 7.62. The number of rotatable bonds is 8. The molecule has 0 aromatic heterocycles. The van der Waals surface area contributed by atoms with Crippen molar-refractivity contribution in [1.29, 1.82) is 0 Å². The molecule has 1 saturated carbocycles. The Morgan fingerprint density at radius 1 is 1.16 bits per heavy atom. The quantitative estimate of drug-likeness (QED) is 0.673. The Kier molecular flexibility index (Phi) is 9.46. The molecule has 0 aromatic carbocycles. The van der Waals surface area contributed by atoms with Crippen molar-refractivity contribution in [3.8, 4) is 0 Å². The van der Waals surface area contributed by atoms with Crippen molar-refractivity contribution in [1.82, 2.24) is 5.32 Å². The second-order valence-corrected chi connectivity index (χ2v) is 6.22. The van der Waals surface area contributed by atoms with E-state index in [9.17, 15) is 4.79 Å². The van der Waals surface area contributed by atoms with Gasteiger partial charge in [-0.25, -0.2) is 0 Å². The Bertz CT molecular complexity index is 251. The lowest BCUT2D eigenvalue weighted by Crippen LogP contribution is -2.52. The second kappa shape index (κ2) is 9.60. The monoisotopic (exact) mass is 290 g/mol. The Morgan fingerprint density at radius 3 is 2.32 bits per heavy atom. The summed E-state index contributed by atoms with van der Waals surface area (Å²) < 4.78 is 0. The lowest BCUT2D eigenvalue weighted by molar-refractivity contribution is -0.126. The predicted octanol–water partition coefficient (Wildman–Crippen LogP) is 3.40. The van der Waals surface area contributed by atoms with E-state index in [4.69, 9.17) is 5.73 Å². The highest BCUT2D eigenvalue weighted by molar-refractivity contribution is 5.86. The Hall–Kier alpha value is -0.280. The summed E-state index contributed by atoms with van der Waals surface area (Å²) in [7, 11) is 0. The molecule has 4 heteroatoms. The molecule has 0 spiro atoms. The van der Waals surface area contributed by atoms with Crippen molar-refractivity contribution < 1.29 is 4.79 Å². The summed E-state index contributed by atoms with van der Waals surface area (Å²) in [6.07, 6.45) is 10.1. The van der Waals surface area contributed by atoms with Crippen LogP contribution in [0, 0.1) is 5.92 Å². The summed E-state index contributed by atoms with van der Waals surface area (Å²) >= 11 is 0. The zero-order valence-electron chi connectivity index (χ0n) is 12.5. The molecule has 0 atom stereocenters. The van der Waals surface area contributed by atoms with Crippen molar-refractivity contribution in [3.63, 3.8) is 0 Å². The van der Waals surface area contributed by atoms with Crippen LogP contribution in [0.5, 0.6) is 0 Å². The van der Waals surface area contributed by atoms with Gasteiger partial charge in [-0.05, 0) is 25.2 Å². The lowest BCUT2D eigenvalue weighted by atomic mass is 9.98. The molecule has 3 nitrogen and oxygen atoms in total. The number of nitrogens with two attached hydrogens (primary N) is 1. The van der Waals surface area contributed by atoms with E-state index >= 15 is 0 Å². The molecule has 0 heterocycles. The Balaban J connectivity index is 0.00000324. The lowest BCUT2D eigenvalue weighted by Gasteiger charge is -2.22. The summed E-state index contributed by atoms with van der Waals surface area (Å²) in [5, 5.41) is 3.00. The van der Waals surface area contributed by atoms with Gasteiger partial charge in [0.15, 0.2) is 0 Å². The van der Waals surface area contributed by atoms with E-state index in [1.807, 2.05) is 0 Å². The topological polar surface area (TPSA) is 55.1 Å². The fraction of sp³-hybridized carbons (Fsp3) is 0.933. The predicted molar refractivity (Wildman–Crippen MR) is 83.6 cm³/mol. The summed E-state index contributed by atoms with van der Waals surface area (Å²) in [5.74, 6) is 0.881. The molecule has 0 radical (unpaired) electrons. The van der Waals surface area contributed by atoms with E-state index in [2.05, 4.69) is 19.2 Å². The van der Waals surface area contributed by atoms with Crippen molar-refractivity contribution in [2.45, 2.75) is 77.2 Å². The van der Waals surface area contributed by atoms with Gasteiger partial charge in [-0.3, -0.25) is 4.79 Å². The number of unbranched alkanes of at least 4 members (excludes halogenated alkanes) is 3. The maximum absolute atomic E-state index is 11.9. The van der Waals surface area contributed by atoms with E-state index in [1.54, 1.807) is 0 Å². The van der Waals surface area contributed by atoms with Gasteiger partial charge in [0, 0.05) is 6.54 Å². The van der Waals surface area contributed by atoms with Gasteiger partial charge >= 0.3 is 0 Å². The van der Waals surface area contributed by atoms with Gasteiger partial charge in [-0.1, -0.05) is 52.4 Å². The van der Waals surface area contributed by atoms with E-state index < -0.39 is 5.54 Å². The fourth-order valence-corrected chi connectivity index (χ4v) is 2.64. The van der Waals surface area contributed by atoms with Crippen LogP contribution in [0.25, 0.3) is 0 Å². The van der Waals surface area contributed by atoms with Gasteiger partial charge in [-0.2, -0.15) is 0 Å². The van der Waals surface area contributed by atoms with Crippen LogP contribution < -0.4 is 11.1 Å². The molecule has 1 aliphatic carbocycles. The third-order valence-electron chi connectivity index (χ3n) is 3.94. The van der Waals surface area contributed by atoms with Crippen LogP contribution in [-0.2, 0) is 4.79 Å². The molecule has 19 heavy (non-hydrogen) atoms. The first-order valence-corrected chi connectivity index (χ1v) is 7.62. The largest absolute Gasteiger partial charge is 0.355 e. The first-order chi connectivity index (χ1) is 8.54. The third kappa shape index (κ3) is 7.17. The fourth-order valence-electron chi connectivity index (χ4n) is 2.64. The SMILES string of the molecule is CC(C)CCCCCCNC(=O)C1(N)CCCC1.Cl. The summed E-state index contributed by atoms with van der Waals surface area (Å²) in [4.78, 5) is 11.9. The summed E-state index contributed by atoms with van der Waals surface area (Å²) in [6, 6.07) is 0. The first kappa shape index (κ1) is 18.7. The van der Waals surface area contributed by atoms with E-state index in [1.165, 1.54) is 25.7 Å². The number of amides is 1. The molecule has 1 aliphatic rings. The highest BCUT2D eigenvalue weighted by atomic mass is 35.5. The highest BCUT2D eigenvalue weighted by Crippen LogP contribution is 2.27. The number of halogens is 1. The molecule has 1 amide bonds. The van der Waals surface area contributed by atoms with Crippen molar-refractivity contribution >= 4 is 18.3 Å². The van der Waals surface area contributed by atoms with E-state index in [-0.39, 0.29) is 18.3 Å². The van der Waals surface area contributed by atoms with Crippen LogP contribution in [0.3, 0.4) is 0 Å². The normalized spacial score (nSPS) is 17.3. The minimum atomic E-state index is -0.558.